The van der Waals surface area contributed by atoms with E-state index in [1.54, 1.807) is 19.2 Å². The minimum atomic E-state index is -0.399. The number of nitrogens with zero attached hydrogens (tertiary/aromatic N) is 1. The molecule has 0 saturated carbocycles. The first-order valence-electron chi connectivity index (χ1n) is 6.79. The van der Waals surface area contributed by atoms with Crippen molar-refractivity contribution in [1.82, 2.24) is 4.90 Å². The molecule has 110 valence electrons. The number of para-hydroxylation sites is 1. The summed E-state index contributed by atoms with van der Waals surface area (Å²) in [5.41, 5.74) is 8.06. The van der Waals surface area contributed by atoms with Gasteiger partial charge >= 0.3 is 0 Å². The fourth-order valence-corrected chi connectivity index (χ4v) is 2.27. The number of hydrogen-bond donors (Lipinski definition) is 1. The highest BCUT2D eigenvalue weighted by Gasteiger charge is 2.07. The lowest BCUT2D eigenvalue weighted by Gasteiger charge is -2.18. The lowest BCUT2D eigenvalue weighted by atomic mass is 10.1. The van der Waals surface area contributed by atoms with Crippen LogP contribution < -0.4 is 10.5 Å². The van der Waals surface area contributed by atoms with Crippen molar-refractivity contribution in [2.45, 2.75) is 13.1 Å². The van der Waals surface area contributed by atoms with Crippen molar-refractivity contribution in [1.29, 1.82) is 0 Å². The molecule has 0 bridgehead atoms. The van der Waals surface area contributed by atoms with Crippen molar-refractivity contribution in [3.8, 4) is 5.75 Å². The van der Waals surface area contributed by atoms with Crippen molar-refractivity contribution in [2.24, 2.45) is 5.73 Å². The molecule has 0 aliphatic rings. The highest BCUT2D eigenvalue weighted by atomic mass is 16.5. The molecule has 21 heavy (non-hydrogen) atoms. The number of hydrogen-bond acceptors (Lipinski definition) is 3. The molecule has 0 fully saturated rings. The molecule has 2 N–H and O–H groups in total. The van der Waals surface area contributed by atoms with Crippen LogP contribution in [-0.4, -0.2) is 25.0 Å². The van der Waals surface area contributed by atoms with Crippen molar-refractivity contribution in [3.05, 3.63) is 65.2 Å². The summed E-state index contributed by atoms with van der Waals surface area (Å²) in [6.07, 6.45) is 0. The number of primary amides is 1. The SMILES string of the molecule is COc1ccccc1CN(C)Cc1ccc(C(N)=O)cc1. The van der Waals surface area contributed by atoms with E-state index >= 15 is 0 Å². The van der Waals surface area contributed by atoms with Crippen LogP contribution in [0.25, 0.3) is 0 Å². The lowest BCUT2D eigenvalue weighted by Crippen LogP contribution is -2.18. The Morgan fingerprint density at radius 1 is 1.10 bits per heavy atom. The van der Waals surface area contributed by atoms with E-state index < -0.39 is 5.91 Å². The Morgan fingerprint density at radius 3 is 2.38 bits per heavy atom. The number of carbonyl (C=O) groups excluding carboxylic acids is 1. The second kappa shape index (κ2) is 6.90. The zero-order valence-corrected chi connectivity index (χ0v) is 12.4. The maximum Gasteiger partial charge on any atom is 0.248 e. The summed E-state index contributed by atoms with van der Waals surface area (Å²) < 4.78 is 5.36. The molecule has 0 aliphatic carbocycles. The molecule has 0 aromatic heterocycles. The third kappa shape index (κ3) is 4.07. The Hall–Kier alpha value is -2.33. The first kappa shape index (κ1) is 15.1. The summed E-state index contributed by atoms with van der Waals surface area (Å²) in [6.45, 7) is 1.58. The number of amides is 1. The highest BCUT2D eigenvalue weighted by molar-refractivity contribution is 5.92. The molecule has 0 unspecified atom stereocenters. The second-order valence-electron chi connectivity index (χ2n) is 5.05. The molecule has 0 saturated heterocycles. The van der Waals surface area contributed by atoms with Gasteiger partial charge in [0.25, 0.3) is 0 Å². The van der Waals surface area contributed by atoms with Crippen LogP contribution >= 0.6 is 0 Å². The second-order valence-corrected chi connectivity index (χ2v) is 5.05. The number of nitrogens with two attached hydrogens (primary N) is 1. The van der Waals surface area contributed by atoms with Crippen LogP contribution in [-0.2, 0) is 13.1 Å². The van der Waals surface area contributed by atoms with E-state index in [2.05, 4.69) is 18.0 Å². The summed E-state index contributed by atoms with van der Waals surface area (Å²) in [4.78, 5) is 13.2. The molecule has 2 aromatic carbocycles. The maximum absolute atomic E-state index is 11.0. The van der Waals surface area contributed by atoms with Gasteiger partial charge in [0, 0.05) is 24.2 Å². The van der Waals surface area contributed by atoms with Gasteiger partial charge in [0.2, 0.25) is 5.91 Å². The molecule has 4 heteroatoms. The average Bonchev–Trinajstić information content (AvgIpc) is 2.48. The Labute approximate surface area is 125 Å². The Kier molecular flexibility index (Phi) is 4.95. The van der Waals surface area contributed by atoms with Crippen molar-refractivity contribution < 1.29 is 9.53 Å². The van der Waals surface area contributed by atoms with Gasteiger partial charge in [0.15, 0.2) is 0 Å². The van der Waals surface area contributed by atoms with Crippen molar-refractivity contribution in [2.75, 3.05) is 14.2 Å². The largest absolute Gasteiger partial charge is 0.496 e. The van der Waals surface area contributed by atoms with Gasteiger partial charge < -0.3 is 10.5 Å². The number of benzene rings is 2. The minimum Gasteiger partial charge on any atom is -0.496 e. The molecule has 4 nitrogen and oxygen atoms in total. The quantitative estimate of drug-likeness (QED) is 0.886. The zero-order valence-electron chi connectivity index (χ0n) is 12.4. The van der Waals surface area contributed by atoms with E-state index in [9.17, 15) is 4.79 Å². The standard InChI is InChI=1S/C17H20N2O2/c1-19(12-15-5-3-4-6-16(15)21-2)11-13-7-9-14(10-8-13)17(18)20/h3-10H,11-12H2,1-2H3,(H2,18,20). The van der Waals surface area contributed by atoms with Crippen LogP contribution in [0.1, 0.15) is 21.5 Å². The van der Waals surface area contributed by atoms with Crippen LogP contribution in [0.5, 0.6) is 5.75 Å². The smallest absolute Gasteiger partial charge is 0.248 e. The molecule has 1 amide bonds. The Morgan fingerprint density at radius 2 is 1.76 bits per heavy atom. The van der Waals surface area contributed by atoms with E-state index in [1.807, 2.05) is 30.3 Å². The summed E-state index contributed by atoms with van der Waals surface area (Å²) in [5.74, 6) is 0.498. The van der Waals surface area contributed by atoms with Crippen LogP contribution in [0.3, 0.4) is 0 Å². The van der Waals surface area contributed by atoms with Gasteiger partial charge in [0.05, 0.1) is 7.11 Å². The van der Waals surface area contributed by atoms with Crippen LogP contribution in [0.2, 0.25) is 0 Å². The number of methoxy groups -OCH3 is 1. The molecule has 2 rings (SSSR count). The molecular formula is C17H20N2O2. The summed E-state index contributed by atoms with van der Waals surface area (Å²) in [7, 11) is 3.73. The van der Waals surface area contributed by atoms with Crippen LogP contribution in [0.15, 0.2) is 48.5 Å². The Bertz CT molecular complexity index is 608. The number of rotatable bonds is 6. The van der Waals surface area contributed by atoms with Gasteiger partial charge in [-0.25, -0.2) is 0 Å². The Balaban J connectivity index is 2.01. The van der Waals surface area contributed by atoms with Crippen molar-refractivity contribution in [3.63, 3.8) is 0 Å². The van der Waals surface area contributed by atoms with Gasteiger partial charge in [-0.2, -0.15) is 0 Å². The predicted molar refractivity (Wildman–Crippen MR) is 83.1 cm³/mol. The first-order valence-corrected chi connectivity index (χ1v) is 6.79. The van der Waals surface area contributed by atoms with E-state index in [1.165, 1.54) is 0 Å². The third-order valence-corrected chi connectivity index (χ3v) is 3.32. The van der Waals surface area contributed by atoms with E-state index in [0.717, 1.165) is 30.0 Å². The molecule has 0 atom stereocenters. The predicted octanol–water partition coefficient (Wildman–Crippen LogP) is 2.43. The average molecular weight is 284 g/mol. The maximum atomic E-state index is 11.0. The van der Waals surface area contributed by atoms with Gasteiger partial charge in [-0.1, -0.05) is 30.3 Å². The molecule has 2 aromatic rings. The highest BCUT2D eigenvalue weighted by Crippen LogP contribution is 2.19. The third-order valence-electron chi connectivity index (χ3n) is 3.32. The van der Waals surface area contributed by atoms with Gasteiger partial charge in [-0.15, -0.1) is 0 Å². The number of ether oxygens (including phenoxy) is 1. The van der Waals surface area contributed by atoms with Crippen LogP contribution in [0.4, 0.5) is 0 Å². The fraction of sp³-hybridized carbons (Fsp3) is 0.235. The molecule has 0 radical (unpaired) electrons. The van der Waals surface area contributed by atoms with Crippen molar-refractivity contribution >= 4 is 5.91 Å². The van der Waals surface area contributed by atoms with Gasteiger partial charge in [-0.3, -0.25) is 9.69 Å². The van der Waals surface area contributed by atoms with E-state index in [4.69, 9.17) is 10.5 Å². The van der Waals surface area contributed by atoms with E-state index in [0.29, 0.717) is 5.56 Å². The first-order chi connectivity index (χ1) is 10.1. The normalized spacial score (nSPS) is 10.6. The molecule has 0 aliphatic heterocycles. The summed E-state index contributed by atoms with van der Waals surface area (Å²) >= 11 is 0. The van der Waals surface area contributed by atoms with Gasteiger partial charge in [-0.05, 0) is 30.8 Å². The van der Waals surface area contributed by atoms with Gasteiger partial charge in [0.1, 0.15) is 5.75 Å². The van der Waals surface area contributed by atoms with Crippen LogP contribution in [0, 0.1) is 0 Å². The minimum absolute atomic E-state index is 0.399. The lowest BCUT2D eigenvalue weighted by molar-refractivity contribution is 0.100. The monoisotopic (exact) mass is 284 g/mol. The molecular weight excluding hydrogens is 264 g/mol. The summed E-state index contributed by atoms with van der Waals surface area (Å²) in [5, 5.41) is 0. The summed E-state index contributed by atoms with van der Waals surface area (Å²) in [6, 6.07) is 15.4. The van der Waals surface area contributed by atoms with E-state index in [-0.39, 0.29) is 0 Å². The topological polar surface area (TPSA) is 55.6 Å². The fourth-order valence-electron chi connectivity index (χ4n) is 2.27. The molecule has 0 heterocycles. The zero-order chi connectivity index (χ0) is 15.2. The molecule has 0 spiro atoms. The number of carbonyl (C=O) groups is 1.